The molecule has 0 spiro atoms. The van der Waals surface area contributed by atoms with E-state index in [-0.39, 0.29) is 23.7 Å². The molecule has 2 aromatic rings. The van der Waals surface area contributed by atoms with Gasteiger partial charge in [0, 0.05) is 17.3 Å². The van der Waals surface area contributed by atoms with Crippen molar-refractivity contribution in [1.82, 2.24) is 0 Å². The minimum atomic E-state index is -1.09. The summed E-state index contributed by atoms with van der Waals surface area (Å²) >= 11 is 0. The summed E-state index contributed by atoms with van der Waals surface area (Å²) in [7, 11) is 0. The lowest BCUT2D eigenvalue weighted by molar-refractivity contribution is 0.0692. The molecule has 0 bridgehead atoms. The summed E-state index contributed by atoms with van der Waals surface area (Å²) in [6.45, 7) is 0.0659. The van der Waals surface area contributed by atoms with Crippen LogP contribution in [0.1, 0.15) is 15.9 Å². The number of phenols is 1. The summed E-state index contributed by atoms with van der Waals surface area (Å²) in [5, 5.41) is 18.6. The minimum absolute atomic E-state index is 0.0321. The van der Waals surface area contributed by atoms with E-state index < -0.39 is 5.97 Å². The van der Waals surface area contributed by atoms with E-state index >= 15 is 0 Å². The zero-order valence-electron chi connectivity index (χ0n) is 10.0. The van der Waals surface area contributed by atoms with E-state index in [9.17, 15) is 9.90 Å². The number of para-hydroxylation sites is 1. The first kappa shape index (κ1) is 12.8. The number of nitrogens with two attached hydrogens (primary N) is 1. The highest BCUT2D eigenvalue weighted by molar-refractivity contribution is 5.91. The van der Waals surface area contributed by atoms with Gasteiger partial charge in [0.15, 0.2) is 0 Å². The number of phenolic OH excluding ortho intramolecular Hbond substituents is 1. The Bertz CT molecular complexity index is 610. The van der Waals surface area contributed by atoms with Gasteiger partial charge in [0.25, 0.3) is 0 Å². The number of carbonyl (C=O) groups is 1. The number of carboxylic acid groups (broad SMARTS) is 1. The molecule has 0 aliphatic carbocycles. The van der Waals surface area contributed by atoms with E-state index in [1.165, 1.54) is 24.3 Å². The molecule has 0 aliphatic heterocycles. The Morgan fingerprint density at radius 2 is 1.95 bits per heavy atom. The lowest BCUT2D eigenvalue weighted by atomic mass is 10.1. The Hall–Kier alpha value is -2.69. The number of nitrogen functional groups attached to an aromatic ring is 1. The van der Waals surface area contributed by atoms with Gasteiger partial charge in [-0.15, -0.1) is 0 Å². The number of benzene rings is 2. The number of aromatic hydroxyl groups is 1. The van der Waals surface area contributed by atoms with Crippen LogP contribution >= 0.6 is 0 Å². The fourth-order valence-corrected chi connectivity index (χ4v) is 1.62. The van der Waals surface area contributed by atoms with Gasteiger partial charge in [0.1, 0.15) is 23.7 Å². The summed E-state index contributed by atoms with van der Waals surface area (Å²) in [6, 6.07) is 11.0. The van der Waals surface area contributed by atoms with Gasteiger partial charge in [-0.1, -0.05) is 18.2 Å². The number of anilines is 1. The second-order valence-electron chi connectivity index (χ2n) is 3.98. The molecule has 2 rings (SSSR count). The maximum Gasteiger partial charge on any atom is 0.339 e. The molecule has 2 aromatic carbocycles. The Morgan fingerprint density at radius 3 is 2.63 bits per heavy atom. The quantitative estimate of drug-likeness (QED) is 0.732. The predicted molar refractivity (Wildman–Crippen MR) is 70.3 cm³/mol. The first-order valence-electron chi connectivity index (χ1n) is 5.60. The maximum absolute atomic E-state index is 11.0. The summed E-state index contributed by atoms with van der Waals surface area (Å²) < 4.78 is 5.43. The SMILES string of the molecule is Nc1ccc(C(=O)O)c(OCc2ccccc2O)c1. The van der Waals surface area contributed by atoms with Gasteiger partial charge >= 0.3 is 5.97 Å². The summed E-state index contributed by atoms with van der Waals surface area (Å²) in [4.78, 5) is 11.0. The highest BCUT2D eigenvalue weighted by atomic mass is 16.5. The second-order valence-corrected chi connectivity index (χ2v) is 3.98. The number of aromatic carboxylic acids is 1. The van der Waals surface area contributed by atoms with Gasteiger partial charge in [-0.25, -0.2) is 4.79 Å². The van der Waals surface area contributed by atoms with Crippen molar-refractivity contribution >= 4 is 11.7 Å². The molecule has 4 N–H and O–H groups in total. The molecule has 0 atom stereocenters. The van der Waals surface area contributed by atoms with E-state index in [4.69, 9.17) is 15.6 Å². The molecule has 0 heterocycles. The van der Waals surface area contributed by atoms with Crippen LogP contribution in [0.15, 0.2) is 42.5 Å². The van der Waals surface area contributed by atoms with Crippen LogP contribution in [0, 0.1) is 0 Å². The molecule has 5 heteroatoms. The van der Waals surface area contributed by atoms with Crippen LogP contribution in [-0.2, 0) is 6.61 Å². The number of hydrogen-bond donors (Lipinski definition) is 3. The topological polar surface area (TPSA) is 92.8 Å². The zero-order valence-corrected chi connectivity index (χ0v) is 10.0. The van der Waals surface area contributed by atoms with Crippen molar-refractivity contribution < 1.29 is 19.7 Å². The third-order valence-corrected chi connectivity index (χ3v) is 2.61. The van der Waals surface area contributed by atoms with Crippen molar-refractivity contribution in [3.8, 4) is 11.5 Å². The molecular weight excluding hydrogens is 246 g/mol. The molecule has 5 nitrogen and oxygen atoms in total. The average molecular weight is 259 g/mol. The van der Waals surface area contributed by atoms with Gasteiger partial charge in [-0.2, -0.15) is 0 Å². The Balaban J connectivity index is 2.22. The van der Waals surface area contributed by atoms with Crippen molar-refractivity contribution in [2.45, 2.75) is 6.61 Å². The molecule has 0 amide bonds. The predicted octanol–water partition coefficient (Wildman–Crippen LogP) is 2.25. The molecule has 0 saturated heterocycles. The van der Waals surface area contributed by atoms with E-state index in [2.05, 4.69) is 0 Å². The van der Waals surface area contributed by atoms with Crippen molar-refractivity contribution in [3.05, 3.63) is 53.6 Å². The number of ether oxygens (including phenoxy) is 1. The molecule has 0 radical (unpaired) electrons. The van der Waals surface area contributed by atoms with Gasteiger partial charge < -0.3 is 20.7 Å². The molecule has 98 valence electrons. The Kier molecular flexibility index (Phi) is 3.56. The summed E-state index contributed by atoms with van der Waals surface area (Å²) in [5.74, 6) is -0.814. The number of hydrogen-bond acceptors (Lipinski definition) is 4. The fraction of sp³-hybridized carbons (Fsp3) is 0.0714. The van der Waals surface area contributed by atoms with Crippen LogP contribution in [0.5, 0.6) is 11.5 Å². The zero-order chi connectivity index (χ0) is 13.8. The highest BCUT2D eigenvalue weighted by Gasteiger charge is 2.12. The van der Waals surface area contributed by atoms with Crippen LogP contribution in [0.25, 0.3) is 0 Å². The first-order valence-corrected chi connectivity index (χ1v) is 5.60. The van der Waals surface area contributed by atoms with Crippen molar-refractivity contribution in [2.24, 2.45) is 0 Å². The molecular formula is C14H13NO4. The van der Waals surface area contributed by atoms with Crippen molar-refractivity contribution in [1.29, 1.82) is 0 Å². The Labute approximate surface area is 109 Å². The summed E-state index contributed by atoms with van der Waals surface area (Å²) in [6.07, 6.45) is 0. The molecule has 0 saturated carbocycles. The smallest absolute Gasteiger partial charge is 0.339 e. The second kappa shape index (κ2) is 5.30. The van der Waals surface area contributed by atoms with Crippen LogP contribution in [0.4, 0.5) is 5.69 Å². The van der Waals surface area contributed by atoms with Crippen LogP contribution in [-0.4, -0.2) is 16.2 Å². The lowest BCUT2D eigenvalue weighted by Crippen LogP contribution is -2.04. The highest BCUT2D eigenvalue weighted by Crippen LogP contribution is 2.24. The average Bonchev–Trinajstić information content (AvgIpc) is 2.37. The van der Waals surface area contributed by atoms with Crippen molar-refractivity contribution in [3.63, 3.8) is 0 Å². The van der Waals surface area contributed by atoms with Crippen LogP contribution in [0.2, 0.25) is 0 Å². The maximum atomic E-state index is 11.0. The van der Waals surface area contributed by atoms with Crippen LogP contribution < -0.4 is 10.5 Å². The molecule has 0 fully saturated rings. The normalized spacial score (nSPS) is 10.1. The monoisotopic (exact) mass is 259 g/mol. The first-order chi connectivity index (χ1) is 9.08. The summed E-state index contributed by atoms with van der Waals surface area (Å²) in [5.41, 5.74) is 6.62. The van der Waals surface area contributed by atoms with Crippen molar-refractivity contribution in [2.75, 3.05) is 5.73 Å². The molecule has 0 unspecified atom stereocenters. The number of carboxylic acids is 1. The van der Waals surface area contributed by atoms with E-state index in [0.29, 0.717) is 11.3 Å². The van der Waals surface area contributed by atoms with Crippen LogP contribution in [0.3, 0.4) is 0 Å². The largest absolute Gasteiger partial charge is 0.508 e. The van der Waals surface area contributed by atoms with Gasteiger partial charge in [-0.05, 0) is 18.2 Å². The third-order valence-electron chi connectivity index (χ3n) is 2.61. The minimum Gasteiger partial charge on any atom is -0.508 e. The van der Waals surface area contributed by atoms with Gasteiger partial charge in [0.05, 0.1) is 0 Å². The van der Waals surface area contributed by atoms with Gasteiger partial charge in [-0.3, -0.25) is 0 Å². The lowest BCUT2D eigenvalue weighted by Gasteiger charge is -2.10. The molecule has 19 heavy (non-hydrogen) atoms. The number of rotatable bonds is 4. The Morgan fingerprint density at radius 1 is 1.21 bits per heavy atom. The van der Waals surface area contributed by atoms with E-state index in [1.807, 2.05) is 0 Å². The standard InChI is InChI=1S/C14H13NO4/c15-10-5-6-11(14(17)18)13(7-10)19-8-9-3-1-2-4-12(9)16/h1-7,16H,8,15H2,(H,17,18). The van der Waals surface area contributed by atoms with E-state index in [0.717, 1.165) is 0 Å². The van der Waals surface area contributed by atoms with Gasteiger partial charge in [0.2, 0.25) is 0 Å². The molecule has 0 aromatic heterocycles. The third kappa shape index (κ3) is 2.95. The van der Waals surface area contributed by atoms with E-state index in [1.54, 1.807) is 18.2 Å². The fourth-order valence-electron chi connectivity index (χ4n) is 1.62. The molecule has 0 aliphatic rings.